The van der Waals surface area contributed by atoms with Crippen LogP contribution in [0.25, 0.3) is 0 Å². The lowest BCUT2D eigenvalue weighted by atomic mass is 9.99. The van der Waals surface area contributed by atoms with E-state index in [9.17, 15) is 9.59 Å². The number of nitrogens with zero attached hydrogens (tertiary/aromatic N) is 1. The minimum Gasteiger partial charge on any atom is -0.481 e. The van der Waals surface area contributed by atoms with E-state index in [2.05, 4.69) is 4.98 Å². The van der Waals surface area contributed by atoms with Gasteiger partial charge in [0.05, 0.1) is 24.3 Å². The zero-order valence-electron chi connectivity index (χ0n) is 8.82. The smallest absolute Gasteiger partial charge is 0.340 e. The van der Waals surface area contributed by atoms with E-state index in [1.165, 1.54) is 0 Å². The zero-order valence-corrected chi connectivity index (χ0v) is 8.82. The van der Waals surface area contributed by atoms with Gasteiger partial charge in [-0.1, -0.05) is 0 Å². The van der Waals surface area contributed by atoms with E-state index >= 15 is 0 Å². The summed E-state index contributed by atoms with van der Waals surface area (Å²) in [5.41, 5.74) is 2.19. The number of cyclic esters (lactones) is 1. The third-order valence-electron chi connectivity index (χ3n) is 2.43. The van der Waals surface area contributed by atoms with E-state index in [4.69, 9.17) is 9.84 Å². The van der Waals surface area contributed by atoms with Crippen molar-refractivity contribution in [1.29, 1.82) is 0 Å². The third kappa shape index (κ3) is 1.88. The van der Waals surface area contributed by atoms with E-state index < -0.39 is 11.9 Å². The molecule has 0 aromatic carbocycles. The number of aliphatic carboxylic acids is 1. The minimum atomic E-state index is -1.00. The first kappa shape index (κ1) is 10.6. The fourth-order valence-electron chi connectivity index (χ4n) is 1.85. The van der Waals surface area contributed by atoms with Gasteiger partial charge in [-0.05, 0) is 18.6 Å². The average molecular weight is 221 g/mol. The molecule has 2 heterocycles. The highest BCUT2D eigenvalue weighted by molar-refractivity contribution is 5.94. The molecule has 5 nitrogen and oxygen atoms in total. The van der Waals surface area contributed by atoms with Crippen LogP contribution < -0.4 is 0 Å². The van der Waals surface area contributed by atoms with Crippen LogP contribution in [0, 0.1) is 6.92 Å². The van der Waals surface area contributed by atoms with E-state index in [1.54, 1.807) is 13.0 Å². The summed E-state index contributed by atoms with van der Waals surface area (Å²) >= 11 is 0. The Morgan fingerprint density at radius 3 is 3.06 bits per heavy atom. The molecule has 0 aliphatic carbocycles. The molecular formula is C11H11NO4. The fraction of sp³-hybridized carbons (Fsp3) is 0.364. The second-order valence-electron chi connectivity index (χ2n) is 3.70. The quantitative estimate of drug-likeness (QED) is 0.745. The van der Waals surface area contributed by atoms with Gasteiger partial charge in [0.2, 0.25) is 0 Å². The third-order valence-corrected chi connectivity index (χ3v) is 2.43. The van der Waals surface area contributed by atoms with Crippen LogP contribution in [0.1, 0.15) is 27.3 Å². The Hall–Kier alpha value is -1.91. The summed E-state index contributed by atoms with van der Waals surface area (Å²) in [5, 5.41) is 8.75. The van der Waals surface area contributed by atoms with Crippen LogP contribution in [0.4, 0.5) is 0 Å². The Balaban J connectivity index is 2.54. The zero-order chi connectivity index (χ0) is 11.7. The summed E-state index contributed by atoms with van der Waals surface area (Å²) in [6.07, 6.45) is 0.371. The Morgan fingerprint density at radius 1 is 1.62 bits per heavy atom. The molecule has 0 atom stereocenters. The van der Waals surface area contributed by atoms with Crippen molar-refractivity contribution in [2.75, 3.05) is 6.61 Å². The first-order valence-electron chi connectivity index (χ1n) is 4.96. The molecule has 0 amide bonds. The van der Waals surface area contributed by atoms with Crippen LogP contribution >= 0.6 is 0 Å². The lowest BCUT2D eigenvalue weighted by Crippen LogP contribution is -2.22. The maximum absolute atomic E-state index is 11.5. The van der Waals surface area contributed by atoms with Crippen molar-refractivity contribution in [2.24, 2.45) is 0 Å². The number of ether oxygens (including phenoxy) is 1. The Bertz CT molecular complexity index is 467. The normalized spacial score (nSPS) is 14.2. The lowest BCUT2D eigenvalue weighted by molar-refractivity contribution is -0.136. The van der Waals surface area contributed by atoms with Gasteiger partial charge in [0, 0.05) is 12.1 Å². The largest absolute Gasteiger partial charge is 0.481 e. The Morgan fingerprint density at radius 2 is 2.38 bits per heavy atom. The highest BCUT2D eigenvalue weighted by Crippen LogP contribution is 2.21. The second kappa shape index (κ2) is 3.92. The number of hydrogen-bond donors (Lipinski definition) is 1. The molecular weight excluding hydrogens is 210 g/mol. The fourth-order valence-corrected chi connectivity index (χ4v) is 1.85. The van der Waals surface area contributed by atoms with Crippen LogP contribution in [0.2, 0.25) is 0 Å². The van der Waals surface area contributed by atoms with Gasteiger partial charge in [-0.25, -0.2) is 4.79 Å². The Kier molecular flexibility index (Phi) is 2.60. The van der Waals surface area contributed by atoms with Gasteiger partial charge in [0.1, 0.15) is 0 Å². The van der Waals surface area contributed by atoms with Crippen molar-refractivity contribution in [3.63, 3.8) is 0 Å². The molecule has 1 aliphatic rings. The molecule has 84 valence electrons. The number of carbonyl (C=O) groups excluding carboxylic acids is 1. The molecule has 2 rings (SSSR count). The number of carboxylic acid groups (broad SMARTS) is 1. The van der Waals surface area contributed by atoms with Crippen LogP contribution in [0.5, 0.6) is 0 Å². The Labute approximate surface area is 92.1 Å². The predicted molar refractivity (Wildman–Crippen MR) is 54.3 cm³/mol. The molecule has 0 saturated carbocycles. The van der Waals surface area contributed by atoms with Gasteiger partial charge >= 0.3 is 11.9 Å². The minimum absolute atomic E-state index is 0.251. The summed E-state index contributed by atoms with van der Waals surface area (Å²) in [6.45, 7) is 2.13. The summed E-state index contributed by atoms with van der Waals surface area (Å²) < 4.78 is 4.89. The molecule has 0 radical (unpaired) electrons. The summed E-state index contributed by atoms with van der Waals surface area (Å²) in [7, 11) is 0. The monoisotopic (exact) mass is 221 g/mol. The van der Waals surface area contributed by atoms with Gasteiger partial charge in [0.25, 0.3) is 0 Å². The molecule has 1 aliphatic heterocycles. The first-order valence-corrected chi connectivity index (χ1v) is 4.96. The van der Waals surface area contributed by atoms with Gasteiger partial charge in [0.15, 0.2) is 0 Å². The molecule has 0 unspecified atom stereocenters. The van der Waals surface area contributed by atoms with Crippen LogP contribution in [0.15, 0.2) is 6.07 Å². The summed E-state index contributed by atoms with van der Waals surface area (Å²) in [4.78, 5) is 26.3. The van der Waals surface area contributed by atoms with Crippen molar-refractivity contribution < 1.29 is 19.4 Å². The van der Waals surface area contributed by atoms with Crippen molar-refractivity contribution >= 4 is 11.9 Å². The number of carboxylic acids is 1. The molecule has 0 bridgehead atoms. The van der Waals surface area contributed by atoms with Crippen LogP contribution in [-0.4, -0.2) is 28.6 Å². The van der Waals surface area contributed by atoms with Crippen molar-refractivity contribution in [3.8, 4) is 0 Å². The molecule has 1 aromatic heterocycles. The number of pyridine rings is 1. The highest BCUT2D eigenvalue weighted by atomic mass is 16.5. The van der Waals surface area contributed by atoms with Crippen LogP contribution in [0.3, 0.4) is 0 Å². The highest BCUT2D eigenvalue weighted by Gasteiger charge is 2.24. The number of esters is 1. The summed E-state index contributed by atoms with van der Waals surface area (Å²) in [5.74, 6) is -1.47. The molecule has 0 spiro atoms. The second-order valence-corrected chi connectivity index (χ2v) is 3.70. The maximum Gasteiger partial charge on any atom is 0.340 e. The SMILES string of the molecule is Cc1cc2c(c(CC(=O)O)n1)C(=O)OCC2. The van der Waals surface area contributed by atoms with E-state index in [-0.39, 0.29) is 6.42 Å². The van der Waals surface area contributed by atoms with E-state index in [0.29, 0.717) is 24.3 Å². The molecule has 16 heavy (non-hydrogen) atoms. The topological polar surface area (TPSA) is 76.5 Å². The first-order chi connectivity index (χ1) is 7.58. The number of carbonyl (C=O) groups is 2. The van der Waals surface area contributed by atoms with E-state index in [0.717, 1.165) is 11.3 Å². The molecule has 1 aromatic rings. The number of fused-ring (bicyclic) bond motifs is 1. The predicted octanol–water partition coefficient (Wildman–Crippen LogP) is 0.730. The summed E-state index contributed by atoms with van der Waals surface area (Å²) in [6, 6.07) is 1.81. The average Bonchev–Trinajstić information content (AvgIpc) is 2.15. The molecule has 1 N–H and O–H groups in total. The number of rotatable bonds is 2. The molecule has 0 fully saturated rings. The van der Waals surface area contributed by atoms with Gasteiger partial charge < -0.3 is 9.84 Å². The van der Waals surface area contributed by atoms with Gasteiger partial charge in [-0.15, -0.1) is 0 Å². The van der Waals surface area contributed by atoms with Gasteiger partial charge in [-0.3, -0.25) is 9.78 Å². The standard InChI is InChI=1S/C11H11NO4/c1-6-4-7-2-3-16-11(15)10(7)8(12-6)5-9(13)14/h4H,2-3,5H2,1H3,(H,13,14). The van der Waals surface area contributed by atoms with Crippen molar-refractivity contribution in [1.82, 2.24) is 4.98 Å². The van der Waals surface area contributed by atoms with Gasteiger partial charge in [-0.2, -0.15) is 0 Å². The van der Waals surface area contributed by atoms with Crippen molar-refractivity contribution in [2.45, 2.75) is 19.8 Å². The maximum atomic E-state index is 11.5. The molecule has 0 saturated heterocycles. The lowest BCUT2D eigenvalue weighted by Gasteiger charge is -2.18. The van der Waals surface area contributed by atoms with Crippen LogP contribution in [-0.2, 0) is 22.4 Å². The van der Waals surface area contributed by atoms with E-state index in [1.807, 2.05) is 0 Å². The van der Waals surface area contributed by atoms with Crippen molar-refractivity contribution in [3.05, 3.63) is 28.6 Å². The number of aromatic nitrogens is 1. The number of hydrogen-bond acceptors (Lipinski definition) is 4. The number of aryl methyl sites for hydroxylation is 1. The molecule has 5 heteroatoms.